The molecule has 0 radical (unpaired) electrons. The van der Waals surface area contributed by atoms with Crippen molar-refractivity contribution in [2.24, 2.45) is 0 Å². The van der Waals surface area contributed by atoms with Gasteiger partial charge in [-0.2, -0.15) is 0 Å². The predicted octanol–water partition coefficient (Wildman–Crippen LogP) is 5.71. The Labute approximate surface area is 176 Å². The highest BCUT2D eigenvalue weighted by atomic mass is 35.5. The number of hydrogen-bond acceptors (Lipinski definition) is 4. The standard InChI is InChI=1S/C20H16Cl2N2O3S/c21-16-6-2-7-17(22)15(16)11-28-12-19(25)23-13-4-1-5-14(10-13)24-20(26)18-8-3-9-27-18/h1-10H,11-12H2,(H,23,25)(H,24,26). The molecule has 0 bridgehead atoms. The summed E-state index contributed by atoms with van der Waals surface area (Å²) in [7, 11) is 0. The molecule has 3 aromatic rings. The molecule has 3 rings (SSSR count). The number of anilines is 2. The molecular formula is C20H16Cl2N2O3S. The van der Waals surface area contributed by atoms with Crippen LogP contribution in [0.4, 0.5) is 11.4 Å². The molecule has 0 saturated carbocycles. The van der Waals surface area contributed by atoms with Crippen LogP contribution in [-0.2, 0) is 10.5 Å². The second-order valence-corrected chi connectivity index (χ2v) is 7.55. The average Bonchev–Trinajstić information content (AvgIpc) is 3.19. The topological polar surface area (TPSA) is 71.3 Å². The molecule has 0 spiro atoms. The zero-order chi connectivity index (χ0) is 19.9. The van der Waals surface area contributed by atoms with Crippen molar-refractivity contribution in [1.82, 2.24) is 0 Å². The first-order valence-corrected chi connectivity index (χ1v) is 10.2. The summed E-state index contributed by atoms with van der Waals surface area (Å²) in [5.41, 5.74) is 1.94. The summed E-state index contributed by atoms with van der Waals surface area (Å²) in [6.07, 6.45) is 1.43. The Kier molecular flexibility index (Phi) is 7.03. The van der Waals surface area contributed by atoms with E-state index in [4.69, 9.17) is 27.6 Å². The van der Waals surface area contributed by atoms with Gasteiger partial charge in [0.15, 0.2) is 5.76 Å². The maximum absolute atomic E-state index is 12.2. The molecule has 8 heteroatoms. The Morgan fingerprint density at radius 2 is 1.61 bits per heavy atom. The maximum Gasteiger partial charge on any atom is 0.291 e. The average molecular weight is 435 g/mol. The SMILES string of the molecule is O=C(CSCc1c(Cl)cccc1Cl)Nc1cccc(NC(=O)c2ccco2)c1. The summed E-state index contributed by atoms with van der Waals surface area (Å²) in [6.45, 7) is 0. The van der Waals surface area contributed by atoms with Crippen molar-refractivity contribution >= 4 is 58.2 Å². The molecule has 5 nitrogen and oxygen atoms in total. The number of amides is 2. The van der Waals surface area contributed by atoms with Gasteiger partial charge in [-0.3, -0.25) is 9.59 Å². The number of carbonyl (C=O) groups excluding carboxylic acids is 2. The number of nitrogens with one attached hydrogen (secondary N) is 2. The van der Waals surface area contributed by atoms with E-state index in [9.17, 15) is 9.59 Å². The molecular weight excluding hydrogens is 419 g/mol. The summed E-state index contributed by atoms with van der Waals surface area (Å²) in [6, 6.07) is 15.4. The molecule has 2 N–H and O–H groups in total. The number of hydrogen-bond donors (Lipinski definition) is 2. The summed E-state index contributed by atoms with van der Waals surface area (Å²) in [5.74, 6) is 0.461. The normalized spacial score (nSPS) is 10.5. The van der Waals surface area contributed by atoms with Gasteiger partial charge in [-0.1, -0.05) is 35.3 Å². The summed E-state index contributed by atoms with van der Waals surface area (Å²) in [4.78, 5) is 24.2. The van der Waals surface area contributed by atoms with Crippen LogP contribution in [0, 0.1) is 0 Å². The zero-order valence-corrected chi connectivity index (χ0v) is 16.9. The Hall–Kier alpha value is -2.41. The Morgan fingerprint density at radius 1 is 0.929 bits per heavy atom. The van der Waals surface area contributed by atoms with E-state index in [-0.39, 0.29) is 23.3 Å². The molecule has 1 aromatic heterocycles. The predicted molar refractivity (Wildman–Crippen MR) is 114 cm³/mol. The third-order valence-electron chi connectivity index (χ3n) is 3.69. The van der Waals surface area contributed by atoms with Crippen molar-refractivity contribution in [3.05, 3.63) is 82.2 Å². The largest absolute Gasteiger partial charge is 0.459 e. The Bertz CT molecular complexity index is 957. The van der Waals surface area contributed by atoms with Crippen LogP contribution in [0.5, 0.6) is 0 Å². The van der Waals surface area contributed by atoms with E-state index < -0.39 is 0 Å². The summed E-state index contributed by atoms with van der Waals surface area (Å²) < 4.78 is 5.06. The van der Waals surface area contributed by atoms with E-state index in [1.54, 1.807) is 54.6 Å². The van der Waals surface area contributed by atoms with E-state index in [2.05, 4.69) is 10.6 Å². The van der Waals surface area contributed by atoms with Crippen LogP contribution in [0.2, 0.25) is 10.0 Å². The third-order valence-corrected chi connectivity index (χ3v) is 5.36. The minimum absolute atomic E-state index is 0.164. The second-order valence-electron chi connectivity index (χ2n) is 5.75. The smallest absolute Gasteiger partial charge is 0.291 e. The molecule has 2 aromatic carbocycles. The van der Waals surface area contributed by atoms with Crippen LogP contribution in [0.25, 0.3) is 0 Å². The van der Waals surface area contributed by atoms with Crippen LogP contribution < -0.4 is 10.6 Å². The van der Waals surface area contributed by atoms with Crippen molar-refractivity contribution < 1.29 is 14.0 Å². The first kappa shape index (κ1) is 20.3. The van der Waals surface area contributed by atoms with Gasteiger partial charge in [-0.25, -0.2) is 0 Å². The van der Waals surface area contributed by atoms with Crippen molar-refractivity contribution in [3.63, 3.8) is 0 Å². The van der Waals surface area contributed by atoms with Crippen molar-refractivity contribution in [3.8, 4) is 0 Å². The summed E-state index contributed by atoms with van der Waals surface area (Å²) in [5, 5.41) is 6.69. The lowest BCUT2D eigenvalue weighted by Crippen LogP contribution is -2.15. The Balaban J connectivity index is 1.52. The lowest BCUT2D eigenvalue weighted by molar-refractivity contribution is -0.113. The van der Waals surface area contributed by atoms with E-state index in [1.165, 1.54) is 18.0 Å². The highest BCUT2D eigenvalue weighted by Gasteiger charge is 2.10. The highest BCUT2D eigenvalue weighted by molar-refractivity contribution is 7.99. The number of thioether (sulfide) groups is 1. The number of benzene rings is 2. The molecule has 144 valence electrons. The van der Waals surface area contributed by atoms with Crippen LogP contribution in [0.15, 0.2) is 65.3 Å². The first-order valence-electron chi connectivity index (χ1n) is 8.28. The monoisotopic (exact) mass is 434 g/mol. The fraction of sp³-hybridized carbons (Fsp3) is 0.100. The van der Waals surface area contributed by atoms with Gasteiger partial charge in [0.25, 0.3) is 5.91 Å². The molecule has 0 saturated heterocycles. The van der Waals surface area contributed by atoms with Gasteiger partial charge in [0, 0.05) is 27.2 Å². The van der Waals surface area contributed by atoms with Gasteiger partial charge < -0.3 is 15.1 Å². The van der Waals surface area contributed by atoms with Gasteiger partial charge >= 0.3 is 0 Å². The quantitative estimate of drug-likeness (QED) is 0.499. The van der Waals surface area contributed by atoms with Crippen molar-refractivity contribution in [2.45, 2.75) is 5.75 Å². The Morgan fingerprint density at radius 3 is 2.29 bits per heavy atom. The first-order chi connectivity index (χ1) is 13.5. The van der Waals surface area contributed by atoms with Crippen molar-refractivity contribution in [2.75, 3.05) is 16.4 Å². The molecule has 2 amide bonds. The number of rotatable bonds is 7. The van der Waals surface area contributed by atoms with Crippen molar-refractivity contribution in [1.29, 1.82) is 0 Å². The zero-order valence-electron chi connectivity index (χ0n) is 14.6. The molecule has 0 unspecified atom stereocenters. The molecule has 0 aliphatic carbocycles. The van der Waals surface area contributed by atoms with Crippen LogP contribution in [0.3, 0.4) is 0 Å². The number of furan rings is 1. The van der Waals surface area contributed by atoms with Crippen LogP contribution in [0.1, 0.15) is 16.1 Å². The van der Waals surface area contributed by atoms with Gasteiger partial charge in [0.05, 0.1) is 12.0 Å². The third kappa shape index (κ3) is 5.55. The summed E-state index contributed by atoms with van der Waals surface area (Å²) >= 11 is 13.7. The molecule has 1 heterocycles. The van der Waals surface area contributed by atoms with Gasteiger partial charge in [0.1, 0.15) is 0 Å². The van der Waals surface area contributed by atoms with Gasteiger partial charge in [-0.15, -0.1) is 11.8 Å². The van der Waals surface area contributed by atoms with E-state index in [1.807, 2.05) is 0 Å². The minimum Gasteiger partial charge on any atom is -0.459 e. The number of carbonyl (C=O) groups is 2. The lowest BCUT2D eigenvalue weighted by Gasteiger charge is -2.09. The molecule has 0 fully saturated rings. The van der Waals surface area contributed by atoms with E-state index in [0.717, 1.165) is 5.56 Å². The second kappa shape index (κ2) is 9.68. The van der Waals surface area contributed by atoms with Gasteiger partial charge in [0.2, 0.25) is 5.91 Å². The maximum atomic E-state index is 12.2. The van der Waals surface area contributed by atoms with Gasteiger partial charge in [-0.05, 0) is 48.0 Å². The fourth-order valence-corrected chi connectivity index (χ4v) is 3.95. The lowest BCUT2D eigenvalue weighted by atomic mass is 10.2. The number of halogens is 2. The van der Waals surface area contributed by atoms with Crippen LogP contribution in [-0.4, -0.2) is 17.6 Å². The highest BCUT2D eigenvalue weighted by Crippen LogP contribution is 2.28. The fourth-order valence-electron chi connectivity index (χ4n) is 2.39. The van der Waals surface area contributed by atoms with Crippen LogP contribution >= 0.6 is 35.0 Å². The molecule has 28 heavy (non-hydrogen) atoms. The minimum atomic E-state index is -0.361. The van der Waals surface area contributed by atoms with E-state index >= 15 is 0 Å². The van der Waals surface area contributed by atoms with E-state index in [0.29, 0.717) is 27.2 Å². The molecule has 0 atom stereocenters. The molecule has 0 aliphatic rings. The molecule has 0 aliphatic heterocycles.